The summed E-state index contributed by atoms with van der Waals surface area (Å²) in [4.78, 5) is 17.9. The van der Waals surface area contributed by atoms with Crippen LogP contribution in [0.5, 0.6) is 0 Å². The van der Waals surface area contributed by atoms with Crippen LogP contribution in [0.15, 0.2) is 0 Å². The Bertz CT molecular complexity index is 287. The number of rotatable bonds is 14. The molecule has 0 bridgehead atoms. The molecule has 0 spiro atoms. The molecule has 0 aromatic heterocycles. The van der Waals surface area contributed by atoms with E-state index in [0.29, 0.717) is 12.3 Å². The minimum atomic E-state index is -4.36. The Morgan fingerprint density at radius 2 is 1.41 bits per heavy atom. The molecule has 0 aliphatic rings. The van der Waals surface area contributed by atoms with Gasteiger partial charge in [-0.1, -0.05) is 78.6 Å². The van der Waals surface area contributed by atoms with E-state index >= 15 is 0 Å². The third kappa shape index (κ3) is 19.8. The van der Waals surface area contributed by atoms with Gasteiger partial charge in [-0.15, -0.1) is 0 Å². The van der Waals surface area contributed by atoms with E-state index in [1.165, 1.54) is 44.9 Å². The molecule has 4 nitrogen and oxygen atoms in total. The molecular weight excluding hydrogens is 326 g/mol. The summed E-state index contributed by atoms with van der Waals surface area (Å²) in [5.74, 6) is 0.389. The Morgan fingerprint density at radius 1 is 0.955 bits per heavy atom. The fourth-order valence-corrected chi connectivity index (χ4v) is 3.20. The number of unbranched alkanes of at least 4 members (excludes halogenated alkanes) is 8. The summed E-state index contributed by atoms with van der Waals surface area (Å²) in [6.45, 7) is 6.33. The predicted octanol–water partition coefficient (Wildman–Crippen LogP) is 2.55. The zero-order valence-corrected chi connectivity index (χ0v) is 19.1. The van der Waals surface area contributed by atoms with Crippen molar-refractivity contribution in [1.82, 2.24) is 0 Å². The van der Waals surface area contributed by atoms with Crippen molar-refractivity contribution in [2.75, 3.05) is 0 Å². The molecule has 0 saturated carbocycles. The number of hydrogen-bond donors (Lipinski definition) is 2. The van der Waals surface area contributed by atoms with Crippen molar-refractivity contribution in [2.24, 2.45) is 5.92 Å². The van der Waals surface area contributed by atoms with Crippen LogP contribution in [0, 0.1) is 5.92 Å². The summed E-state index contributed by atoms with van der Waals surface area (Å²) in [7, 11) is -4.36. The van der Waals surface area contributed by atoms with Crippen molar-refractivity contribution in [3.8, 4) is 0 Å². The Morgan fingerprint density at radius 3 is 1.82 bits per heavy atom. The first kappa shape index (κ1) is 26.0. The minimum absolute atomic E-state index is 0. The van der Waals surface area contributed by atoms with Gasteiger partial charge in [0.15, 0.2) is 0 Å². The maximum atomic E-state index is 11.0. The van der Waals surface area contributed by atoms with Gasteiger partial charge in [0.2, 0.25) is 0 Å². The fraction of sp³-hybridized carbons (Fsp3) is 1.00. The summed E-state index contributed by atoms with van der Waals surface area (Å²) in [5, 5.41) is 0. The zero-order valence-electron chi connectivity index (χ0n) is 16.1. The minimum Gasteiger partial charge on any atom is -1.00 e. The maximum absolute atomic E-state index is 11.0. The van der Waals surface area contributed by atoms with E-state index in [9.17, 15) is 4.57 Å². The standard InChI is InChI=1S/C16H35O4P.K.H/c1-4-5-6-7-8-9-10-11-12-13-16(14-15(2)3)20-21(17,18)19;;/h15-16H,4-14H2,1-3H3,(H2,17,18,19);;/q;+1;-1. The summed E-state index contributed by atoms with van der Waals surface area (Å²) < 4.78 is 15.8. The van der Waals surface area contributed by atoms with Crippen molar-refractivity contribution in [1.29, 1.82) is 0 Å². The monoisotopic (exact) mass is 362 g/mol. The van der Waals surface area contributed by atoms with E-state index in [-0.39, 0.29) is 58.9 Å². The number of phosphoric ester groups is 1. The van der Waals surface area contributed by atoms with Crippen LogP contribution in [0.25, 0.3) is 0 Å². The predicted molar refractivity (Wildman–Crippen MR) is 89.3 cm³/mol. The van der Waals surface area contributed by atoms with Crippen LogP contribution in [0.4, 0.5) is 0 Å². The van der Waals surface area contributed by atoms with Crippen LogP contribution in [0.1, 0.15) is 92.8 Å². The summed E-state index contributed by atoms with van der Waals surface area (Å²) in [5.41, 5.74) is 0. The van der Waals surface area contributed by atoms with Crippen molar-refractivity contribution >= 4 is 7.82 Å². The third-order valence-corrected chi connectivity index (χ3v) is 4.22. The van der Waals surface area contributed by atoms with Crippen LogP contribution in [-0.2, 0) is 9.09 Å². The van der Waals surface area contributed by atoms with Crippen molar-refractivity contribution in [2.45, 2.75) is 97.5 Å². The average molecular weight is 363 g/mol. The van der Waals surface area contributed by atoms with Gasteiger partial charge in [-0.3, -0.25) is 4.52 Å². The molecule has 0 aromatic rings. The molecule has 0 saturated heterocycles. The van der Waals surface area contributed by atoms with Crippen molar-refractivity contribution < 1.29 is 71.7 Å². The Kier molecular flexibility index (Phi) is 19.2. The number of phosphoric acid groups is 1. The number of hydrogen-bond acceptors (Lipinski definition) is 2. The summed E-state index contributed by atoms with van der Waals surface area (Å²) in [6, 6.07) is 0. The van der Waals surface area contributed by atoms with Gasteiger partial charge in [-0.25, -0.2) is 4.57 Å². The van der Waals surface area contributed by atoms with E-state index in [1.807, 2.05) is 13.8 Å². The smallest absolute Gasteiger partial charge is 1.00 e. The second-order valence-corrected chi connectivity index (χ2v) is 7.66. The van der Waals surface area contributed by atoms with Gasteiger partial charge >= 0.3 is 59.2 Å². The quantitative estimate of drug-likeness (QED) is 0.283. The average Bonchev–Trinajstić information content (AvgIpc) is 2.34. The molecule has 0 aliphatic carbocycles. The van der Waals surface area contributed by atoms with E-state index in [4.69, 9.17) is 14.3 Å². The molecular formula is C16H36KO4P. The molecule has 0 rings (SSSR count). The molecule has 0 heterocycles. The third-order valence-electron chi connectivity index (χ3n) is 3.65. The molecule has 0 aromatic carbocycles. The SMILES string of the molecule is CCCCCCCCCCCC(CC(C)C)OP(=O)(O)O.[H-].[K+]. The Hall–Kier alpha value is 1.75. The van der Waals surface area contributed by atoms with Crippen LogP contribution in [-0.4, -0.2) is 15.9 Å². The van der Waals surface area contributed by atoms with E-state index < -0.39 is 7.82 Å². The van der Waals surface area contributed by atoms with Crippen LogP contribution in [0.3, 0.4) is 0 Å². The van der Waals surface area contributed by atoms with E-state index in [2.05, 4.69) is 6.92 Å². The molecule has 6 heteroatoms. The molecule has 0 fully saturated rings. The van der Waals surface area contributed by atoms with Gasteiger partial charge in [-0.2, -0.15) is 0 Å². The molecule has 130 valence electrons. The zero-order chi connectivity index (χ0) is 16.1. The summed E-state index contributed by atoms with van der Waals surface area (Å²) in [6.07, 6.45) is 12.4. The second-order valence-electron chi connectivity index (χ2n) is 6.46. The van der Waals surface area contributed by atoms with Gasteiger partial charge in [0, 0.05) is 0 Å². The largest absolute Gasteiger partial charge is 1.00 e. The fourth-order valence-electron chi connectivity index (χ4n) is 2.62. The Balaban J connectivity index is -0.00000200. The molecule has 2 N–H and O–H groups in total. The van der Waals surface area contributed by atoms with Gasteiger partial charge in [0.1, 0.15) is 0 Å². The van der Waals surface area contributed by atoms with Crippen LogP contribution >= 0.6 is 7.82 Å². The topological polar surface area (TPSA) is 66.8 Å². The van der Waals surface area contributed by atoms with Crippen molar-refractivity contribution in [3.05, 3.63) is 0 Å². The summed E-state index contributed by atoms with van der Waals surface area (Å²) >= 11 is 0. The molecule has 0 radical (unpaired) electrons. The van der Waals surface area contributed by atoms with Gasteiger partial charge in [0.05, 0.1) is 6.10 Å². The molecule has 1 atom stereocenters. The van der Waals surface area contributed by atoms with Crippen molar-refractivity contribution in [3.63, 3.8) is 0 Å². The molecule has 0 amide bonds. The first-order valence-corrected chi connectivity index (χ1v) is 10.1. The molecule has 22 heavy (non-hydrogen) atoms. The van der Waals surface area contributed by atoms with Crippen LogP contribution in [0.2, 0.25) is 0 Å². The van der Waals surface area contributed by atoms with E-state index in [0.717, 1.165) is 19.3 Å². The first-order valence-electron chi connectivity index (χ1n) is 8.59. The molecule has 0 aliphatic heterocycles. The van der Waals surface area contributed by atoms with Gasteiger partial charge < -0.3 is 11.2 Å². The van der Waals surface area contributed by atoms with E-state index in [1.54, 1.807) is 0 Å². The van der Waals surface area contributed by atoms with Gasteiger partial charge in [-0.05, 0) is 18.8 Å². The Labute approximate surface area is 181 Å². The van der Waals surface area contributed by atoms with Crippen LogP contribution < -0.4 is 51.4 Å². The second kappa shape index (κ2) is 16.2. The maximum Gasteiger partial charge on any atom is 1.00 e. The molecule has 1 unspecified atom stereocenters. The van der Waals surface area contributed by atoms with Gasteiger partial charge in [0.25, 0.3) is 0 Å². The normalized spacial score (nSPS) is 13.2. The first-order chi connectivity index (χ1) is 9.85.